The van der Waals surface area contributed by atoms with Crippen LogP contribution in [-0.2, 0) is 4.79 Å². The number of aliphatic carboxylic acids is 1. The number of pyridine rings is 1. The molecule has 1 saturated heterocycles. The third-order valence-electron chi connectivity index (χ3n) is 3.91. The van der Waals surface area contributed by atoms with Crippen LogP contribution in [0.3, 0.4) is 0 Å². The zero-order valence-electron chi connectivity index (χ0n) is 11.6. The molecule has 108 valence electrons. The molecule has 1 aromatic rings. The van der Waals surface area contributed by atoms with Crippen LogP contribution in [0.15, 0.2) is 18.3 Å². The molecular weight excluding hydrogens is 260 g/mol. The van der Waals surface area contributed by atoms with Crippen molar-refractivity contribution in [3.63, 3.8) is 0 Å². The minimum atomic E-state index is -1.11. The molecule has 1 unspecified atom stereocenters. The summed E-state index contributed by atoms with van der Waals surface area (Å²) in [4.78, 5) is 29.7. The van der Waals surface area contributed by atoms with Gasteiger partial charge in [-0.05, 0) is 31.4 Å². The SMILES string of the molecule is CCC1(C(=O)O)CCCN1C(=O)c1cccnc1OC. The van der Waals surface area contributed by atoms with Gasteiger partial charge in [-0.3, -0.25) is 4.79 Å². The number of rotatable bonds is 4. The highest BCUT2D eigenvalue weighted by Crippen LogP contribution is 2.35. The first-order chi connectivity index (χ1) is 9.56. The zero-order valence-corrected chi connectivity index (χ0v) is 11.6. The molecule has 1 aliphatic heterocycles. The maximum atomic E-state index is 12.6. The highest BCUT2D eigenvalue weighted by molar-refractivity contribution is 5.99. The van der Waals surface area contributed by atoms with Crippen LogP contribution in [-0.4, -0.2) is 46.1 Å². The topological polar surface area (TPSA) is 79.7 Å². The van der Waals surface area contributed by atoms with Crippen LogP contribution in [0.2, 0.25) is 0 Å². The monoisotopic (exact) mass is 278 g/mol. The number of carbonyl (C=O) groups excluding carboxylic acids is 1. The molecule has 0 radical (unpaired) electrons. The summed E-state index contributed by atoms with van der Waals surface area (Å²) in [6, 6.07) is 3.25. The Morgan fingerprint density at radius 1 is 1.55 bits per heavy atom. The van der Waals surface area contributed by atoms with Gasteiger partial charge < -0.3 is 14.7 Å². The lowest BCUT2D eigenvalue weighted by Crippen LogP contribution is -2.52. The quantitative estimate of drug-likeness (QED) is 0.904. The number of carbonyl (C=O) groups is 2. The molecule has 1 amide bonds. The highest BCUT2D eigenvalue weighted by atomic mass is 16.5. The standard InChI is InChI=1S/C14H18N2O4/c1-3-14(13(18)19)7-5-9-16(14)12(17)10-6-4-8-15-11(10)20-2/h4,6,8H,3,5,7,9H2,1-2H3,(H,18,19). The summed E-state index contributed by atoms with van der Waals surface area (Å²) in [6.45, 7) is 2.23. The number of aromatic nitrogens is 1. The van der Waals surface area contributed by atoms with Gasteiger partial charge in [-0.15, -0.1) is 0 Å². The molecule has 0 aromatic carbocycles. The van der Waals surface area contributed by atoms with Gasteiger partial charge in [0.15, 0.2) is 0 Å². The Hall–Kier alpha value is -2.11. The van der Waals surface area contributed by atoms with E-state index in [4.69, 9.17) is 4.74 Å². The van der Waals surface area contributed by atoms with Crippen molar-refractivity contribution in [2.24, 2.45) is 0 Å². The lowest BCUT2D eigenvalue weighted by molar-refractivity contribution is -0.148. The lowest BCUT2D eigenvalue weighted by Gasteiger charge is -2.34. The van der Waals surface area contributed by atoms with Crippen LogP contribution in [0.5, 0.6) is 5.88 Å². The Morgan fingerprint density at radius 2 is 2.30 bits per heavy atom. The van der Waals surface area contributed by atoms with E-state index in [2.05, 4.69) is 4.98 Å². The van der Waals surface area contributed by atoms with Crippen molar-refractivity contribution < 1.29 is 19.4 Å². The summed E-state index contributed by atoms with van der Waals surface area (Å²) in [5, 5.41) is 9.52. The van der Waals surface area contributed by atoms with E-state index in [9.17, 15) is 14.7 Å². The number of methoxy groups -OCH3 is 1. The molecule has 1 aliphatic rings. The van der Waals surface area contributed by atoms with E-state index in [-0.39, 0.29) is 11.8 Å². The van der Waals surface area contributed by atoms with Gasteiger partial charge in [0.1, 0.15) is 11.1 Å². The number of likely N-dealkylation sites (tertiary alicyclic amines) is 1. The Balaban J connectivity index is 2.39. The summed E-state index contributed by atoms with van der Waals surface area (Å²) in [6.07, 6.45) is 3.09. The second-order valence-corrected chi connectivity index (χ2v) is 4.81. The number of hydrogen-bond acceptors (Lipinski definition) is 4. The molecule has 2 heterocycles. The first kappa shape index (κ1) is 14.3. The first-order valence-electron chi connectivity index (χ1n) is 6.61. The highest BCUT2D eigenvalue weighted by Gasteiger charge is 2.49. The number of carboxylic acid groups (broad SMARTS) is 1. The normalized spacial score (nSPS) is 21.8. The van der Waals surface area contributed by atoms with E-state index < -0.39 is 11.5 Å². The molecular formula is C14H18N2O4. The van der Waals surface area contributed by atoms with Gasteiger partial charge in [0.25, 0.3) is 5.91 Å². The van der Waals surface area contributed by atoms with Crippen LogP contribution >= 0.6 is 0 Å². The molecule has 20 heavy (non-hydrogen) atoms. The van der Waals surface area contributed by atoms with Crippen LogP contribution < -0.4 is 4.74 Å². The Labute approximate surface area is 117 Å². The third-order valence-corrected chi connectivity index (χ3v) is 3.91. The Kier molecular flexibility index (Phi) is 3.92. The fraction of sp³-hybridized carbons (Fsp3) is 0.500. The van der Waals surface area contributed by atoms with E-state index >= 15 is 0 Å². The van der Waals surface area contributed by atoms with Crippen molar-refractivity contribution in [1.82, 2.24) is 9.88 Å². The van der Waals surface area contributed by atoms with E-state index in [0.29, 0.717) is 31.4 Å². The van der Waals surface area contributed by atoms with Crippen LogP contribution in [0.25, 0.3) is 0 Å². The minimum absolute atomic E-state index is 0.222. The summed E-state index contributed by atoms with van der Waals surface area (Å²) >= 11 is 0. The van der Waals surface area contributed by atoms with Crippen molar-refractivity contribution >= 4 is 11.9 Å². The molecule has 1 fully saturated rings. The maximum Gasteiger partial charge on any atom is 0.329 e. The average molecular weight is 278 g/mol. The number of ether oxygens (including phenoxy) is 1. The molecule has 0 spiro atoms. The van der Waals surface area contributed by atoms with Crippen molar-refractivity contribution in [2.75, 3.05) is 13.7 Å². The van der Waals surface area contributed by atoms with Gasteiger partial charge in [0.05, 0.1) is 7.11 Å². The Morgan fingerprint density at radius 3 is 2.90 bits per heavy atom. The van der Waals surface area contributed by atoms with Crippen molar-refractivity contribution in [3.05, 3.63) is 23.9 Å². The third kappa shape index (κ3) is 2.11. The number of hydrogen-bond donors (Lipinski definition) is 1. The van der Waals surface area contributed by atoms with Gasteiger partial charge in [-0.1, -0.05) is 6.92 Å². The molecule has 0 bridgehead atoms. The fourth-order valence-electron chi connectivity index (χ4n) is 2.78. The van der Waals surface area contributed by atoms with Gasteiger partial charge in [-0.25, -0.2) is 9.78 Å². The second kappa shape index (κ2) is 5.48. The van der Waals surface area contributed by atoms with E-state index in [1.165, 1.54) is 18.2 Å². The maximum absolute atomic E-state index is 12.6. The zero-order chi connectivity index (χ0) is 14.8. The van der Waals surface area contributed by atoms with Gasteiger partial charge in [-0.2, -0.15) is 0 Å². The summed E-state index contributed by atoms with van der Waals surface area (Å²) in [5.41, 5.74) is -0.811. The molecule has 6 heteroatoms. The van der Waals surface area contributed by atoms with E-state index in [1.807, 2.05) is 0 Å². The molecule has 0 saturated carbocycles. The predicted octanol–water partition coefficient (Wildman–Crippen LogP) is 1.56. The molecule has 1 N–H and O–H groups in total. The summed E-state index contributed by atoms with van der Waals surface area (Å²) < 4.78 is 5.08. The van der Waals surface area contributed by atoms with Crippen LogP contribution in [0, 0.1) is 0 Å². The van der Waals surface area contributed by atoms with Crippen LogP contribution in [0.1, 0.15) is 36.5 Å². The number of nitrogens with zero attached hydrogens (tertiary/aromatic N) is 2. The smallest absolute Gasteiger partial charge is 0.329 e. The Bertz CT molecular complexity index is 532. The molecule has 0 aliphatic carbocycles. The molecule has 2 rings (SSSR count). The van der Waals surface area contributed by atoms with Crippen molar-refractivity contribution in [2.45, 2.75) is 31.7 Å². The number of carboxylic acids is 1. The molecule has 1 aromatic heterocycles. The molecule has 6 nitrogen and oxygen atoms in total. The van der Waals surface area contributed by atoms with Gasteiger partial charge in [0, 0.05) is 12.7 Å². The van der Waals surface area contributed by atoms with Crippen molar-refractivity contribution in [1.29, 1.82) is 0 Å². The summed E-state index contributed by atoms with van der Waals surface area (Å²) in [7, 11) is 1.44. The average Bonchev–Trinajstić information content (AvgIpc) is 2.91. The first-order valence-corrected chi connectivity index (χ1v) is 6.61. The van der Waals surface area contributed by atoms with Crippen molar-refractivity contribution in [3.8, 4) is 5.88 Å². The largest absolute Gasteiger partial charge is 0.480 e. The summed E-state index contributed by atoms with van der Waals surface area (Å²) in [5.74, 6) is -1.06. The van der Waals surface area contributed by atoms with Gasteiger partial charge >= 0.3 is 5.97 Å². The second-order valence-electron chi connectivity index (χ2n) is 4.81. The van der Waals surface area contributed by atoms with Crippen LogP contribution in [0.4, 0.5) is 0 Å². The van der Waals surface area contributed by atoms with Gasteiger partial charge in [0.2, 0.25) is 5.88 Å². The van der Waals surface area contributed by atoms with E-state index in [0.717, 1.165) is 0 Å². The molecule has 1 atom stereocenters. The predicted molar refractivity (Wildman–Crippen MR) is 71.7 cm³/mol. The van der Waals surface area contributed by atoms with E-state index in [1.54, 1.807) is 19.1 Å². The number of amides is 1. The lowest BCUT2D eigenvalue weighted by atomic mass is 9.92. The minimum Gasteiger partial charge on any atom is -0.480 e. The fourth-order valence-corrected chi connectivity index (χ4v) is 2.78.